The van der Waals surface area contributed by atoms with Gasteiger partial charge in [-0.1, -0.05) is 27.7 Å². The quantitative estimate of drug-likeness (QED) is 0.753. The minimum absolute atomic E-state index is 0.612. The molecule has 0 aromatic heterocycles. The van der Waals surface area contributed by atoms with Crippen LogP contribution in [0.4, 0.5) is 0 Å². The first-order chi connectivity index (χ1) is 7.13. The van der Waals surface area contributed by atoms with E-state index >= 15 is 0 Å². The SMILES string of the molecule is CCC(CNC(C)C)N1CCCC(C)C1. The summed E-state index contributed by atoms with van der Waals surface area (Å²) in [7, 11) is 0. The molecule has 1 N–H and O–H groups in total. The molecule has 1 saturated heterocycles. The maximum atomic E-state index is 3.57. The summed E-state index contributed by atoms with van der Waals surface area (Å²) in [6.07, 6.45) is 4.08. The Morgan fingerprint density at radius 3 is 2.67 bits per heavy atom. The summed E-state index contributed by atoms with van der Waals surface area (Å²) >= 11 is 0. The van der Waals surface area contributed by atoms with Gasteiger partial charge in [-0.25, -0.2) is 0 Å². The highest BCUT2D eigenvalue weighted by atomic mass is 15.2. The van der Waals surface area contributed by atoms with Crippen molar-refractivity contribution < 1.29 is 0 Å². The van der Waals surface area contributed by atoms with Gasteiger partial charge in [-0.2, -0.15) is 0 Å². The molecule has 0 spiro atoms. The highest BCUT2D eigenvalue weighted by Gasteiger charge is 2.22. The summed E-state index contributed by atoms with van der Waals surface area (Å²) in [6, 6.07) is 1.36. The van der Waals surface area contributed by atoms with Crippen LogP contribution in [-0.4, -0.2) is 36.6 Å². The second-order valence-electron chi connectivity index (χ2n) is 5.37. The zero-order valence-corrected chi connectivity index (χ0v) is 10.9. The third-order valence-electron chi connectivity index (χ3n) is 3.44. The van der Waals surface area contributed by atoms with E-state index in [4.69, 9.17) is 0 Å². The van der Waals surface area contributed by atoms with Crippen molar-refractivity contribution in [3.63, 3.8) is 0 Å². The molecule has 0 aromatic rings. The average Bonchev–Trinajstić information content (AvgIpc) is 2.18. The Labute approximate surface area is 95.4 Å². The molecule has 2 atom stereocenters. The Bertz CT molecular complexity index is 168. The molecule has 90 valence electrons. The van der Waals surface area contributed by atoms with Crippen LogP contribution in [0.3, 0.4) is 0 Å². The van der Waals surface area contributed by atoms with Gasteiger partial charge < -0.3 is 5.32 Å². The predicted octanol–water partition coefficient (Wildman–Crippen LogP) is 2.49. The molecular weight excluding hydrogens is 184 g/mol. The molecule has 1 heterocycles. The van der Waals surface area contributed by atoms with E-state index in [0.29, 0.717) is 6.04 Å². The van der Waals surface area contributed by atoms with Gasteiger partial charge in [0.25, 0.3) is 0 Å². The van der Waals surface area contributed by atoms with E-state index in [2.05, 4.69) is 37.9 Å². The zero-order valence-electron chi connectivity index (χ0n) is 10.9. The molecule has 1 aliphatic heterocycles. The van der Waals surface area contributed by atoms with Crippen LogP contribution in [0.5, 0.6) is 0 Å². The molecule has 1 rings (SSSR count). The molecular formula is C13H28N2. The number of rotatable bonds is 5. The maximum absolute atomic E-state index is 3.57. The number of nitrogens with zero attached hydrogens (tertiary/aromatic N) is 1. The first kappa shape index (κ1) is 13.0. The van der Waals surface area contributed by atoms with Gasteiger partial charge in [-0.3, -0.25) is 4.90 Å². The lowest BCUT2D eigenvalue weighted by Gasteiger charge is -2.37. The Morgan fingerprint density at radius 2 is 2.13 bits per heavy atom. The summed E-state index contributed by atoms with van der Waals surface area (Å²) in [4.78, 5) is 2.68. The van der Waals surface area contributed by atoms with Crippen molar-refractivity contribution >= 4 is 0 Å². The molecule has 2 unspecified atom stereocenters. The third kappa shape index (κ3) is 4.52. The minimum atomic E-state index is 0.612. The average molecular weight is 212 g/mol. The molecule has 0 saturated carbocycles. The standard InChI is InChI=1S/C13H28N2/c1-5-13(9-14-11(2)3)15-8-6-7-12(4)10-15/h11-14H,5-10H2,1-4H3. The van der Waals surface area contributed by atoms with Gasteiger partial charge in [-0.05, 0) is 31.7 Å². The van der Waals surface area contributed by atoms with Gasteiger partial charge in [0, 0.05) is 25.2 Å². The van der Waals surface area contributed by atoms with Gasteiger partial charge in [0.15, 0.2) is 0 Å². The fourth-order valence-electron chi connectivity index (χ4n) is 2.46. The van der Waals surface area contributed by atoms with Crippen LogP contribution in [-0.2, 0) is 0 Å². The third-order valence-corrected chi connectivity index (χ3v) is 3.44. The van der Waals surface area contributed by atoms with Gasteiger partial charge in [0.1, 0.15) is 0 Å². The number of hydrogen-bond acceptors (Lipinski definition) is 2. The highest BCUT2D eigenvalue weighted by Crippen LogP contribution is 2.18. The van der Waals surface area contributed by atoms with Crippen LogP contribution in [0.15, 0.2) is 0 Å². The van der Waals surface area contributed by atoms with Crippen LogP contribution >= 0.6 is 0 Å². The van der Waals surface area contributed by atoms with Crippen LogP contribution < -0.4 is 5.32 Å². The molecule has 1 fully saturated rings. The normalized spacial score (nSPS) is 25.8. The van der Waals surface area contributed by atoms with Gasteiger partial charge in [0.2, 0.25) is 0 Å². The molecule has 0 aliphatic carbocycles. The number of piperidine rings is 1. The largest absolute Gasteiger partial charge is 0.313 e. The van der Waals surface area contributed by atoms with Gasteiger partial charge in [-0.15, -0.1) is 0 Å². The summed E-state index contributed by atoms with van der Waals surface area (Å²) in [5, 5.41) is 3.57. The van der Waals surface area contributed by atoms with Crippen LogP contribution in [0.2, 0.25) is 0 Å². The summed E-state index contributed by atoms with van der Waals surface area (Å²) in [6.45, 7) is 12.9. The first-order valence-corrected chi connectivity index (χ1v) is 6.61. The molecule has 0 radical (unpaired) electrons. The molecule has 15 heavy (non-hydrogen) atoms. The lowest BCUT2D eigenvalue weighted by atomic mass is 9.98. The van der Waals surface area contributed by atoms with Gasteiger partial charge in [0.05, 0.1) is 0 Å². The van der Waals surface area contributed by atoms with Crippen molar-refractivity contribution in [1.29, 1.82) is 0 Å². The van der Waals surface area contributed by atoms with E-state index < -0.39 is 0 Å². The molecule has 1 aliphatic rings. The summed E-state index contributed by atoms with van der Waals surface area (Å²) in [5.74, 6) is 0.895. The lowest BCUT2D eigenvalue weighted by molar-refractivity contribution is 0.123. The monoisotopic (exact) mass is 212 g/mol. The van der Waals surface area contributed by atoms with Crippen LogP contribution in [0.25, 0.3) is 0 Å². The minimum Gasteiger partial charge on any atom is -0.313 e. The number of nitrogens with one attached hydrogen (secondary N) is 1. The second-order valence-corrected chi connectivity index (χ2v) is 5.37. The fourth-order valence-corrected chi connectivity index (χ4v) is 2.46. The molecule has 0 aromatic carbocycles. The van der Waals surface area contributed by atoms with Crippen molar-refractivity contribution in [3.05, 3.63) is 0 Å². The van der Waals surface area contributed by atoms with Crippen molar-refractivity contribution in [3.8, 4) is 0 Å². The molecule has 0 bridgehead atoms. The summed E-state index contributed by atoms with van der Waals surface area (Å²) in [5.41, 5.74) is 0. The van der Waals surface area contributed by atoms with Crippen molar-refractivity contribution in [2.24, 2.45) is 5.92 Å². The Morgan fingerprint density at radius 1 is 1.40 bits per heavy atom. The molecule has 0 amide bonds. The van der Waals surface area contributed by atoms with Crippen molar-refractivity contribution in [2.45, 2.75) is 59.0 Å². The van der Waals surface area contributed by atoms with E-state index in [1.165, 1.54) is 32.4 Å². The Hall–Kier alpha value is -0.0800. The topological polar surface area (TPSA) is 15.3 Å². The second kappa shape index (κ2) is 6.49. The number of hydrogen-bond donors (Lipinski definition) is 1. The van der Waals surface area contributed by atoms with Crippen molar-refractivity contribution in [1.82, 2.24) is 10.2 Å². The zero-order chi connectivity index (χ0) is 11.3. The van der Waals surface area contributed by atoms with Crippen LogP contribution in [0, 0.1) is 5.92 Å². The van der Waals surface area contributed by atoms with Crippen molar-refractivity contribution in [2.75, 3.05) is 19.6 Å². The smallest absolute Gasteiger partial charge is 0.0218 e. The highest BCUT2D eigenvalue weighted by molar-refractivity contribution is 4.78. The van der Waals surface area contributed by atoms with E-state index in [1.807, 2.05) is 0 Å². The van der Waals surface area contributed by atoms with Crippen LogP contribution in [0.1, 0.15) is 47.0 Å². The first-order valence-electron chi connectivity index (χ1n) is 6.61. The maximum Gasteiger partial charge on any atom is 0.0218 e. The Balaban J connectivity index is 2.35. The van der Waals surface area contributed by atoms with E-state index in [0.717, 1.165) is 18.5 Å². The van der Waals surface area contributed by atoms with E-state index in [1.54, 1.807) is 0 Å². The molecule has 2 nitrogen and oxygen atoms in total. The summed E-state index contributed by atoms with van der Waals surface area (Å²) < 4.78 is 0. The van der Waals surface area contributed by atoms with E-state index in [9.17, 15) is 0 Å². The number of likely N-dealkylation sites (tertiary alicyclic amines) is 1. The predicted molar refractivity (Wildman–Crippen MR) is 67.2 cm³/mol. The Kier molecular flexibility index (Phi) is 5.62. The molecule has 2 heteroatoms. The van der Waals surface area contributed by atoms with Gasteiger partial charge >= 0.3 is 0 Å². The van der Waals surface area contributed by atoms with E-state index in [-0.39, 0.29) is 0 Å². The fraction of sp³-hybridized carbons (Fsp3) is 1.00. The lowest BCUT2D eigenvalue weighted by Crippen LogP contribution is -2.47.